The van der Waals surface area contributed by atoms with Crippen molar-refractivity contribution in [3.63, 3.8) is 0 Å². The maximum absolute atomic E-state index is 5.98. The van der Waals surface area contributed by atoms with Crippen LogP contribution in [0.25, 0.3) is 0 Å². The van der Waals surface area contributed by atoms with Gasteiger partial charge in [-0.1, -0.05) is 38.5 Å². The molecule has 0 bridgehead atoms. The molecule has 1 unspecified atom stereocenters. The molecular weight excluding hydrogens is 224 g/mol. The topological polar surface area (TPSA) is 38.5 Å². The summed E-state index contributed by atoms with van der Waals surface area (Å²) in [5.41, 5.74) is 7.17. The lowest BCUT2D eigenvalue weighted by atomic mass is 10.0. The number of methoxy groups -OCH3 is 1. The molecule has 0 saturated heterocycles. The number of rotatable bonds is 8. The van der Waals surface area contributed by atoms with Crippen LogP contribution in [0.5, 0.6) is 5.75 Å². The van der Waals surface area contributed by atoms with E-state index >= 15 is 0 Å². The molecule has 102 valence electrons. The first-order valence-electron chi connectivity index (χ1n) is 6.85. The molecule has 0 amide bonds. The van der Waals surface area contributed by atoms with E-state index in [1.807, 2.05) is 18.2 Å². The third kappa shape index (κ3) is 3.72. The quantitative estimate of drug-likeness (QED) is 0.771. The van der Waals surface area contributed by atoms with Gasteiger partial charge in [-0.3, -0.25) is 4.90 Å². The molecule has 3 heteroatoms. The summed E-state index contributed by atoms with van der Waals surface area (Å²) >= 11 is 0. The molecule has 1 aromatic carbocycles. The zero-order valence-electron chi connectivity index (χ0n) is 11.9. The minimum absolute atomic E-state index is 0.248. The molecule has 0 radical (unpaired) electrons. The lowest BCUT2D eigenvalue weighted by Crippen LogP contribution is -2.34. The van der Waals surface area contributed by atoms with Crippen molar-refractivity contribution in [2.24, 2.45) is 5.73 Å². The fourth-order valence-electron chi connectivity index (χ4n) is 2.31. The van der Waals surface area contributed by atoms with Crippen LogP contribution >= 0.6 is 0 Å². The van der Waals surface area contributed by atoms with Crippen LogP contribution in [-0.4, -0.2) is 31.6 Å². The Labute approximate surface area is 111 Å². The van der Waals surface area contributed by atoms with Crippen LogP contribution < -0.4 is 10.5 Å². The Morgan fingerprint density at radius 3 is 2.56 bits per heavy atom. The van der Waals surface area contributed by atoms with Crippen molar-refractivity contribution in [2.45, 2.75) is 32.7 Å². The summed E-state index contributed by atoms with van der Waals surface area (Å²) in [4.78, 5) is 2.43. The van der Waals surface area contributed by atoms with E-state index in [0.717, 1.165) is 18.8 Å². The Morgan fingerprint density at radius 2 is 2.00 bits per heavy atom. The third-order valence-electron chi connectivity index (χ3n) is 3.37. The van der Waals surface area contributed by atoms with Gasteiger partial charge in [0.15, 0.2) is 0 Å². The summed E-state index contributed by atoms with van der Waals surface area (Å²) in [5.74, 6) is 0.933. The van der Waals surface area contributed by atoms with Gasteiger partial charge in [-0.25, -0.2) is 0 Å². The largest absolute Gasteiger partial charge is 0.496 e. The van der Waals surface area contributed by atoms with Crippen LogP contribution in [0.4, 0.5) is 0 Å². The maximum atomic E-state index is 5.98. The van der Waals surface area contributed by atoms with E-state index in [2.05, 4.69) is 24.8 Å². The van der Waals surface area contributed by atoms with Gasteiger partial charge in [0.1, 0.15) is 5.75 Å². The van der Waals surface area contributed by atoms with E-state index in [-0.39, 0.29) is 6.04 Å². The van der Waals surface area contributed by atoms with Crippen molar-refractivity contribution in [3.8, 4) is 5.75 Å². The van der Waals surface area contributed by atoms with Crippen LogP contribution in [0.1, 0.15) is 38.3 Å². The summed E-state index contributed by atoms with van der Waals surface area (Å²) in [7, 11) is 1.72. The van der Waals surface area contributed by atoms with E-state index in [4.69, 9.17) is 10.5 Å². The molecule has 0 aliphatic carbocycles. The zero-order valence-corrected chi connectivity index (χ0v) is 11.9. The van der Waals surface area contributed by atoms with Crippen molar-refractivity contribution >= 4 is 0 Å². The average molecular weight is 250 g/mol. The van der Waals surface area contributed by atoms with Crippen LogP contribution in [-0.2, 0) is 0 Å². The number of nitrogens with zero attached hydrogens (tertiary/aromatic N) is 1. The summed E-state index contributed by atoms with van der Waals surface area (Å²) in [5, 5.41) is 0. The predicted molar refractivity (Wildman–Crippen MR) is 76.9 cm³/mol. The van der Waals surface area contributed by atoms with Gasteiger partial charge in [0.25, 0.3) is 0 Å². The van der Waals surface area contributed by atoms with Gasteiger partial charge in [-0.2, -0.15) is 0 Å². The van der Waals surface area contributed by atoms with E-state index in [0.29, 0.717) is 6.54 Å². The number of benzene rings is 1. The standard InChI is InChI=1S/C15H26N2O/c1-4-6-11-17(5-2)14(12-16)13-9-7-8-10-15(13)18-3/h7-10,14H,4-6,11-12,16H2,1-3H3. The first-order chi connectivity index (χ1) is 8.78. The summed E-state index contributed by atoms with van der Waals surface area (Å²) in [6.45, 7) is 7.13. The number of hydrogen-bond acceptors (Lipinski definition) is 3. The predicted octanol–water partition coefficient (Wildman–Crippen LogP) is 2.82. The van der Waals surface area contributed by atoms with Crippen molar-refractivity contribution in [2.75, 3.05) is 26.7 Å². The SMILES string of the molecule is CCCCN(CC)C(CN)c1ccccc1OC. The normalized spacial score (nSPS) is 12.7. The second-order valence-corrected chi connectivity index (χ2v) is 4.48. The van der Waals surface area contributed by atoms with Gasteiger partial charge >= 0.3 is 0 Å². The molecule has 0 aliphatic rings. The Morgan fingerprint density at radius 1 is 1.28 bits per heavy atom. The Bertz CT molecular complexity index is 341. The number of nitrogens with two attached hydrogens (primary N) is 1. The monoisotopic (exact) mass is 250 g/mol. The van der Waals surface area contributed by atoms with Crippen LogP contribution in [0.3, 0.4) is 0 Å². The van der Waals surface area contributed by atoms with Gasteiger partial charge in [0, 0.05) is 12.1 Å². The number of likely N-dealkylation sites (N-methyl/N-ethyl adjacent to an activating group) is 1. The second-order valence-electron chi connectivity index (χ2n) is 4.48. The van der Waals surface area contributed by atoms with Gasteiger partial charge in [0.2, 0.25) is 0 Å². The number of unbranched alkanes of at least 4 members (excludes halogenated alkanes) is 1. The van der Waals surface area contributed by atoms with Crippen LogP contribution in [0.2, 0.25) is 0 Å². The Balaban J connectivity index is 2.92. The Kier molecular flexibility index (Phi) is 6.76. The second kappa shape index (κ2) is 8.11. The maximum Gasteiger partial charge on any atom is 0.123 e. The van der Waals surface area contributed by atoms with E-state index in [1.165, 1.54) is 18.4 Å². The molecule has 0 aliphatic heterocycles. The van der Waals surface area contributed by atoms with Gasteiger partial charge in [-0.05, 0) is 25.6 Å². The summed E-state index contributed by atoms with van der Waals surface area (Å²) < 4.78 is 5.45. The van der Waals surface area contributed by atoms with Crippen molar-refractivity contribution in [1.82, 2.24) is 4.90 Å². The highest BCUT2D eigenvalue weighted by molar-refractivity contribution is 5.36. The van der Waals surface area contributed by atoms with E-state index in [9.17, 15) is 0 Å². The molecule has 1 atom stereocenters. The van der Waals surface area contributed by atoms with E-state index in [1.54, 1.807) is 7.11 Å². The van der Waals surface area contributed by atoms with Gasteiger partial charge in [-0.15, -0.1) is 0 Å². The van der Waals surface area contributed by atoms with Crippen LogP contribution in [0.15, 0.2) is 24.3 Å². The minimum Gasteiger partial charge on any atom is -0.496 e. The van der Waals surface area contributed by atoms with Gasteiger partial charge in [0.05, 0.1) is 13.2 Å². The molecule has 3 nitrogen and oxygen atoms in total. The number of hydrogen-bond donors (Lipinski definition) is 1. The smallest absolute Gasteiger partial charge is 0.123 e. The highest BCUT2D eigenvalue weighted by Crippen LogP contribution is 2.28. The van der Waals surface area contributed by atoms with Crippen molar-refractivity contribution < 1.29 is 4.74 Å². The number of para-hydroxylation sites is 1. The molecule has 1 aromatic rings. The fraction of sp³-hybridized carbons (Fsp3) is 0.600. The lowest BCUT2D eigenvalue weighted by molar-refractivity contribution is 0.205. The lowest BCUT2D eigenvalue weighted by Gasteiger charge is -2.31. The highest BCUT2D eigenvalue weighted by Gasteiger charge is 2.20. The third-order valence-corrected chi connectivity index (χ3v) is 3.37. The van der Waals surface area contributed by atoms with E-state index < -0.39 is 0 Å². The summed E-state index contributed by atoms with van der Waals surface area (Å²) in [6, 6.07) is 8.42. The molecule has 0 spiro atoms. The summed E-state index contributed by atoms with van der Waals surface area (Å²) in [6.07, 6.45) is 2.42. The molecule has 0 aromatic heterocycles. The fourth-order valence-corrected chi connectivity index (χ4v) is 2.31. The molecule has 0 fully saturated rings. The van der Waals surface area contributed by atoms with Crippen LogP contribution in [0, 0.1) is 0 Å². The molecule has 1 rings (SSSR count). The Hall–Kier alpha value is -1.06. The molecular formula is C15H26N2O. The first-order valence-corrected chi connectivity index (χ1v) is 6.85. The van der Waals surface area contributed by atoms with Gasteiger partial charge < -0.3 is 10.5 Å². The highest BCUT2D eigenvalue weighted by atomic mass is 16.5. The van der Waals surface area contributed by atoms with Crippen molar-refractivity contribution in [1.29, 1.82) is 0 Å². The molecule has 2 N–H and O–H groups in total. The molecule has 18 heavy (non-hydrogen) atoms. The molecule has 0 saturated carbocycles. The average Bonchev–Trinajstić information content (AvgIpc) is 2.43. The molecule has 0 heterocycles. The zero-order chi connectivity index (χ0) is 13.4. The first kappa shape index (κ1) is 15.0. The number of ether oxygens (including phenoxy) is 1. The van der Waals surface area contributed by atoms with Crippen molar-refractivity contribution in [3.05, 3.63) is 29.8 Å². The minimum atomic E-state index is 0.248.